The second-order valence-electron chi connectivity index (χ2n) is 17.4. The molecule has 0 radical (unpaired) electrons. The van der Waals surface area contributed by atoms with Crippen molar-refractivity contribution in [3.63, 3.8) is 0 Å². The van der Waals surface area contributed by atoms with Crippen LogP contribution in [-0.2, 0) is 49.6 Å². The number of rotatable bonds is 18. The number of urea groups is 1. The topological polar surface area (TPSA) is 442 Å². The van der Waals surface area contributed by atoms with Gasteiger partial charge in [-0.3, -0.25) is 43.2 Å². The van der Waals surface area contributed by atoms with Crippen LogP contribution in [0.25, 0.3) is 0 Å². The molecule has 1 aromatic rings. The van der Waals surface area contributed by atoms with Crippen molar-refractivity contribution < 1.29 is 63.3 Å². The summed E-state index contributed by atoms with van der Waals surface area (Å²) in [5, 5.41) is 57.7. The largest absolute Gasteiger partial charge is 0.394 e. The summed E-state index contributed by atoms with van der Waals surface area (Å²) in [6, 6.07) is -6.06. The average molecular weight is 1010 g/mol. The van der Waals surface area contributed by atoms with Crippen LogP contribution < -0.4 is 75.7 Å². The lowest BCUT2D eigenvalue weighted by atomic mass is 10.00. The van der Waals surface area contributed by atoms with Crippen molar-refractivity contribution in [2.75, 3.05) is 39.8 Å². The van der Waals surface area contributed by atoms with E-state index >= 15 is 0 Å². The first kappa shape index (κ1) is 60.6. The lowest BCUT2D eigenvalue weighted by molar-refractivity contribution is -0.136. The maximum absolute atomic E-state index is 14.3. The van der Waals surface area contributed by atoms with Gasteiger partial charge in [0.25, 0.3) is 0 Å². The molecule has 0 unspecified atom stereocenters. The number of nitrogens with one attached hydrogen (secondary N) is 11. The van der Waals surface area contributed by atoms with Crippen LogP contribution in [0.2, 0.25) is 0 Å². The number of carbonyl (C=O) groups excluding carboxylic acids is 10. The van der Waals surface area contributed by atoms with E-state index in [1.165, 1.54) is 20.9 Å². The molecular formula is C44H74N14O13. The van der Waals surface area contributed by atoms with Crippen LogP contribution >= 0.6 is 0 Å². The number of hydrogen-bond acceptors (Lipinski definition) is 16. The summed E-state index contributed by atoms with van der Waals surface area (Å²) in [6.45, 7) is 3.95. The van der Waals surface area contributed by atoms with Crippen molar-refractivity contribution >= 4 is 59.2 Å². The standard InChI is InChI=1S/C44H74N14O13/c1-22(2)19-30-39(66)52-26(11-15-45)35(62)51-28(13-17-47)38(65)57-33(23(3)60)42(69)49-18-14-29(53-41(68)32(21-59)56-43(70)34(24(4)61)58-44(71)48-5)37(64)50-27(12-16-46)36(63)55-31(40(67)54-30)20-25-9-7-6-8-10-25/h6-10,22-24,26-34,59-61H,11-21,45-47H2,1-5H3,(H,49,69)(H,50,64)(H,51,62)(H,52,66)(H,53,68)(H,54,67)(H,55,63)(H,56,70)(H,57,65)(H2,48,58,71)/t23-,24-,26+,27+,28+,29+,30+,31-,32-,33+,34+/m1/s1. The number of benzene rings is 1. The van der Waals surface area contributed by atoms with Crippen LogP contribution in [0.15, 0.2) is 30.3 Å². The van der Waals surface area contributed by atoms with E-state index in [9.17, 15) is 63.3 Å². The zero-order valence-corrected chi connectivity index (χ0v) is 40.7. The number of aliphatic hydroxyl groups excluding tert-OH is 3. The van der Waals surface area contributed by atoms with Crippen molar-refractivity contribution in [2.24, 2.45) is 23.1 Å². The highest BCUT2D eigenvalue weighted by molar-refractivity contribution is 5.99. The van der Waals surface area contributed by atoms with E-state index in [1.54, 1.807) is 44.2 Å². The normalized spacial score (nSPS) is 24.2. The molecule has 20 N–H and O–H groups in total. The Morgan fingerprint density at radius 3 is 1.61 bits per heavy atom. The third-order valence-corrected chi connectivity index (χ3v) is 11.0. The summed E-state index contributed by atoms with van der Waals surface area (Å²) in [4.78, 5) is 136. The molecule has 0 aromatic heterocycles. The van der Waals surface area contributed by atoms with Gasteiger partial charge in [-0.2, -0.15) is 0 Å². The number of aliphatic hydroxyl groups is 3. The Labute approximate surface area is 411 Å². The summed E-state index contributed by atoms with van der Waals surface area (Å²) < 4.78 is 0. The van der Waals surface area contributed by atoms with Gasteiger partial charge >= 0.3 is 6.03 Å². The van der Waals surface area contributed by atoms with E-state index in [1.807, 2.05) is 0 Å². The molecule has 27 heteroatoms. The Bertz CT molecular complexity index is 1960. The van der Waals surface area contributed by atoms with Crippen molar-refractivity contribution in [3.8, 4) is 0 Å². The Hall–Kier alpha value is -6.52. The fourth-order valence-corrected chi connectivity index (χ4v) is 7.15. The van der Waals surface area contributed by atoms with Gasteiger partial charge in [0.05, 0.1) is 18.8 Å². The van der Waals surface area contributed by atoms with Gasteiger partial charge in [-0.15, -0.1) is 0 Å². The maximum atomic E-state index is 14.3. The summed E-state index contributed by atoms with van der Waals surface area (Å²) in [5.41, 5.74) is 18.1. The Morgan fingerprint density at radius 1 is 0.648 bits per heavy atom. The molecule has 398 valence electrons. The highest BCUT2D eigenvalue weighted by atomic mass is 16.3. The molecule has 2 rings (SSSR count). The van der Waals surface area contributed by atoms with Gasteiger partial charge in [-0.25, -0.2) is 4.79 Å². The summed E-state index contributed by atoms with van der Waals surface area (Å²) in [6.07, 6.45) is -4.11. The molecule has 1 saturated heterocycles. The van der Waals surface area contributed by atoms with Gasteiger partial charge in [-0.05, 0) is 77.1 Å². The SMILES string of the molecule is CNC(=O)N[C@H](C(=O)N[C@H](CO)C(=O)N[C@H]1CCNC(=O)[C@H]([C@@H](C)O)NC(=O)[C@H](CCN)NC(=O)[C@H](CCN)NC(=O)[C@H](CC(C)C)NC(=O)[C@@H](Cc2ccccc2)NC(=O)[C@H](CCN)NC1=O)[C@@H](C)O. The van der Waals surface area contributed by atoms with Crippen molar-refractivity contribution in [3.05, 3.63) is 35.9 Å². The lowest BCUT2D eigenvalue weighted by Gasteiger charge is -2.28. The Morgan fingerprint density at radius 2 is 1.13 bits per heavy atom. The van der Waals surface area contributed by atoms with Crippen molar-refractivity contribution in [1.29, 1.82) is 0 Å². The minimum Gasteiger partial charge on any atom is -0.394 e. The fraction of sp³-hybridized carbons (Fsp3) is 0.636. The number of carbonyl (C=O) groups is 10. The Kier molecular flexibility index (Phi) is 26.4. The molecule has 0 saturated carbocycles. The molecule has 1 fully saturated rings. The molecule has 1 heterocycles. The zero-order chi connectivity index (χ0) is 53.4. The van der Waals surface area contributed by atoms with Crippen LogP contribution in [0.5, 0.6) is 0 Å². The first-order chi connectivity index (χ1) is 33.6. The van der Waals surface area contributed by atoms with Crippen LogP contribution in [0.4, 0.5) is 4.79 Å². The van der Waals surface area contributed by atoms with E-state index in [2.05, 4.69) is 58.5 Å². The van der Waals surface area contributed by atoms with Gasteiger partial charge < -0.3 is 91.0 Å². The molecule has 0 aliphatic carbocycles. The second kappa shape index (κ2) is 31.0. The quantitative estimate of drug-likeness (QED) is 0.0650. The Balaban J connectivity index is 2.73. The van der Waals surface area contributed by atoms with Gasteiger partial charge in [0.15, 0.2) is 0 Å². The molecule has 1 aliphatic rings. The molecular weight excluding hydrogens is 933 g/mol. The van der Waals surface area contributed by atoms with E-state index in [0.29, 0.717) is 5.56 Å². The van der Waals surface area contributed by atoms with Gasteiger partial charge in [-0.1, -0.05) is 44.2 Å². The molecule has 1 aromatic carbocycles. The first-order valence-electron chi connectivity index (χ1n) is 23.4. The van der Waals surface area contributed by atoms with Crippen LogP contribution in [-0.4, -0.2) is 181 Å². The first-order valence-corrected chi connectivity index (χ1v) is 23.4. The highest BCUT2D eigenvalue weighted by Crippen LogP contribution is 2.11. The minimum atomic E-state index is -1.81. The van der Waals surface area contributed by atoms with E-state index in [0.717, 1.165) is 0 Å². The third-order valence-electron chi connectivity index (χ3n) is 11.0. The summed E-state index contributed by atoms with van der Waals surface area (Å²) in [5.74, 6) is -8.90. The van der Waals surface area contributed by atoms with Crippen LogP contribution in [0, 0.1) is 5.92 Å². The van der Waals surface area contributed by atoms with Gasteiger partial charge in [0.1, 0.15) is 54.4 Å². The van der Waals surface area contributed by atoms with Gasteiger partial charge in [0.2, 0.25) is 53.2 Å². The van der Waals surface area contributed by atoms with Crippen molar-refractivity contribution in [1.82, 2.24) is 58.5 Å². The second-order valence-corrected chi connectivity index (χ2v) is 17.4. The molecule has 1 aliphatic heterocycles. The maximum Gasteiger partial charge on any atom is 0.315 e. The summed E-state index contributed by atoms with van der Waals surface area (Å²) >= 11 is 0. The monoisotopic (exact) mass is 1010 g/mol. The zero-order valence-electron chi connectivity index (χ0n) is 40.7. The average Bonchev–Trinajstić information content (AvgIpc) is 3.31. The van der Waals surface area contributed by atoms with Crippen molar-refractivity contribution in [2.45, 2.75) is 133 Å². The fourth-order valence-electron chi connectivity index (χ4n) is 7.15. The van der Waals surface area contributed by atoms with E-state index in [4.69, 9.17) is 17.2 Å². The molecule has 0 bridgehead atoms. The molecule has 71 heavy (non-hydrogen) atoms. The number of nitrogens with two attached hydrogens (primary N) is 3. The van der Waals surface area contributed by atoms with Crippen LogP contribution in [0.3, 0.4) is 0 Å². The summed E-state index contributed by atoms with van der Waals surface area (Å²) in [7, 11) is 1.25. The molecule has 11 atom stereocenters. The smallest absolute Gasteiger partial charge is 0.315 e. The minimum absolute atomic E-state index is 0.0510. The predicted molar refractivity (Wildman–Crippen MR) is 256 cm³/mol. The number of hydrogen-bond donors (Lipinski definition) is 17. The molecule has 11 amide bonds. The molecule has 0 spiro atoms. The molecule has 27 nitrogen and oxygen atoms in total. The highest BCUT2D eigenvalue weighted by Gasteiger charge is 2.37. The predicted octanol–water partition coefficient (Wildman–Crippen LogP) is -7.23. The number of amides is 11. The van der Waals surface area contributed by atoms with Gasteiger partial charge in [0, 0.05) is 20.0 Å². The van der Waals surface area contributed by atoms with E-state index in [-0.39, 0.29) is 57.7 Å². The third kappa shape index (κ3) is 20.4. The van der Waals surface area contributed by atoms with Crippen LogP contribution in [0.1, 0.15) is 65.4 Å². The lowest BCUT2D eigenvalue weighted by Crippen LogP contribution is -2.62. The van der Waals surface area contributed by atoms with E-state index < -0.39 is 145 Å².